The van der Waals surface area contributed by atoms with Crippen molar-refractivity contribution in [2.45, 2.75) is 38.6 Å². The standard InChI is InChI=1S/C10H20N2O/c1-7-5-3-4-6-8(7)9(12-2)10(11)13/h7-9,12H,3-6H2,1-2H3,(H2,11,13). The van der Waals surface area contributed by atoms with Crippen LogP contribution in [0.2, 0.25) is 0 Å². The van der Waals surface area contributed by atoms with Crippen LogP contribution in [0.4, 0.5) is 0 Å². The lowest BCUT2D eigenvalue weighted by Crippen LogP contribution is -2.47. The summed E-state index contributed by atoms with van der Waals surface area (Å²) in [4.78, 5) is 11.1. The van der Waals surface area contributed by atoms with E-state index in [1.54, 1.807) is 0 Å². The van der Waals surface area contributed by atoms with Crippen molar-refractivity contribution in [3.8, 4) is 0 Å². The topological polar surface area (TPSA) is 55.1 Å². The third-order valence-electron chi connectivity index (χ3n) is 3.22. The Hall–Kier alpha value is -0.570. The maximum atomic E-state index is 11.1. The Kier molecular flexibility index (Phi) is 3.72. The Labute approximate surface area is 80.1 Å². The summed E-state index contributed by atoms with van der Waals surface area (Å²) in [5.41, 5.74) is 5.34. The molecule has 1 fully saturated rings. The summed E-state index contributed by atoms with van der Waals surface area (Å²) < 4.78 is 0. The first-order valence-electron chi connectivity index (χ1n) is 5.13. The molecule has 0 bridgehead atoms. The van der Waals surface area contributed by atoms with E-state index in [1.165, 1.54) is 19.3 Å². The smallest absolute Gasteiger partial charge is 0.234 e. The molecule has 0 saturated heterocycles. The fourth-order valence-corrected chi connectivity index (χ4v) is 2.41. The molecule has 3 unspecified atom stereocenters. The normalized spacial score (nSPS) is 31.2. The molecule has 1 aliphatic carbocycles. The van der Waals surface area contributed by atoms with Crippen LogP contribution in [0, 0.1) is 11.8 Å². The fraction of sp³-hybridized carbons (Fsp3) is 0.900. The third-order valence-corrected chi connectivity index (χ3v) is 3.22. The highest BCUT2D eigenvalue weighted by Crippen LogP contribution is 2.31. The first-order valence-corrected chi connectivity index (χ1v) is 5.13. The number of nitrogens with one attached hydrogen (secondary N) is 1. The summed E-state index contributed by atoms with van der Waals surface area (Å²) >= 11 is 0. The number of hydrogen-bond donors (Lipinski definition) is 2. The summed E-state index contributed by atoms with van der Waals surface area (Å²) in [5, 5.41) is 3.03. The molecule has 0 heterocycles. The summed E-state index contributed by atoms with van der Waals surface area (Å²) in [6.45, 7) is 2.22. The van der Waals surface area contributed by atoms with Crippen LogP contribution in [0.5, 0.6) is 0 Å². The fourth-order valence-electron chi connectivity index (χ4n) is 2.41. The highest BCUT2D eigenvalue weighted by molar-refractivity contribution is 5.80. The van der Waals surface area contributed by atoms with Crippen LogP contribution < -0.4 is 11.1 Å². The van der Waals surface area contributed by atoms with Gasteiger partial charge < -0.3 is 11.1 Å². The van der Waals surface area contributed by atoms with Gasteiger partial charge in [0.05, 0.1) is 6.04 Å². The van der Waals surface area contributed by atoms with Crippen molar-refractivity contribution in [2.75, 3.05) is 7.05 Å². The van der Waals surface area contributed by atoms with Gasteiger partial charge in [0.2, 0.25) is 5.91 Å². The maximum Gasteiger partial charge on any atom is 0.234 e. The molecule has 3 nitrogen and oxygen atoms in total. The SMILES string of the molecule is CNC(C(N)=O)C1CCCCC1C. The number of primary amides is 1. The first-order chi connectivity index (χ1) is 6.16. The van der Waals surface area contributed by atoms with Gasteiger partial charge in [0.15, 0.2) is 0 Å². The van der Waals surface area contributed by atoms with Gasteiger partial charge in [-0.25, -0.2) is 0 Å². The maximum absolute atomic E-state index is 11.1. The van der Waals surface area contributed by atoms with Gasteiger partial charge in [0, 0.05) is 0 Å². The minimum absolute atomic E-state index is 0.129. The summed E-state index contributed by atoms with van der Waals surface area (Å²) in [6, 6.07) is -0.129. The lowest BCUT2D eigenvalue weighted by atomic mass is 9.76. The highest BCUT2D eigenvalue weighted by atomic mass is 16.1. The second-order valence-corrected chi connectivity index (χ2v) is 4.09. The molecule has 1 amide bonds. The van der Waals surface area contributed by atoms with Gasteiger partial charge in [-0.2, -0.15) is 0 Å². The Morgan fingerprint density at radius 1 is 1.46 bits per heavy atom. The van der Waals surface area contributed by atoms with E-state index in [0.29, 0.717) is 11.8 Å². The molecule has 0 aromatic carbocycles. The number of rotatable bonds is 3. The van der Waals surface area contributed by atoms with Crippen LogP contribution in [0.25, 0.3) is 0 Å². The predicted molar refractivity (Wildman–Crippen MR) is 53.2 cm³/mol. The van der Waals surface area contributed by atoms with E-state index in [4.69, 9.17) is 5.73 Å². The zero-order chi connectivity index (χ0) is 9.84. The van der Waals surface area contributed by atoms with Crippen LogP contribution in [-0.4, -0.2) is 19.0 Å². The van der Waals surface area contributed by atoms with E-state index in [0.717, 1.165) is 6.42 Å². The average Bonchev–Trinajstić information content (AvgIpc) is 2.09. The second-order valence-electron chi connectivity index (χ2n) is 4.09. The minimum atomic E-state index is -0.207. The van der Waals surface area contributed by atoms with E-state index in [1.807, 2.05) is 7.05 Å². The molecule has 0 aromatic rings. The monoisotopic (exact) mass is 184 g/mol. The van der Waals surface area contributed by atoms with Gasteiger partial charge in [-0.1, -0.05) is 26.2 Å². The van der Waals surface area contributed by atoms with Crippen LogP contribution in [0.3, 0.4) is 0 Å². The molecule has 0 aromatic heterocycles. The zero-order valence-electron chi connectivity index (χ0n) is 8.55. The van der Waals surface area contributed by atoms with Gasteiger partial charge in [0.1, 0.15) is 0 Å². The molecular formula is C10H20N2O. The van der Waals surface area contributed by atoms with E-state index in [9.17, 15) is 4.79 Å². The van der Waals surface area contributed by atoms with Crippen molar-refractivity contribution >= 4 is 5.91 Å². The predicted octanol–water partition coefficient (Wildman–Crippen LogP) is 0.886. The largest absolute Gasteiger partial charge is 0.368 e. The zero-order valence-corrected chi connectivity index (χ0v) is 8.55. The van der Waals surface area contributed by atoms with Gasteiger partial charge in [-0.3, -0.25) is 4.79 Å². The van der Waals surface area contributed by atoms with Crippen molar-refractivity contribution in [1.29, 1.82) is 0 Å². The molecule has 1 aliphatic rings. The number of hydrogen-bond acceptors (Lipinski definition) is 2. The Balaban J connectivity index is 2.60. The molecule has 0 spiro atoms. The van der Waals surface area contributed by atoms with Gasteiger partial charge in [0.25, 0.3) is 0 Å². The number of carbonyl (C=O) groups excluding carboxylic acids is 1. The van der Waals surface area contributed by atoms with Gasteiger partial charge >= 0.3 is 0 Å². The van der Waals surface area contributed by atoms with Crippen molar-refractivity contribution in [3.63, 3.8) is 0 Å². The summed E-state index contributed by atoms with van der Waals surface area (Å²) in [5.74, 6) is 0.858. The molecule has 1 saturated carbocycles. The van der Waals surface area contributed by atoms with E-state index in [2.05, 4.69) is 12.2 Å². The molecule has 3 heteroatoms. The molecule has 0 radical (unpaired) electrons. The summed E-state index contributed by atoms with van der Waals surface area (Å²) in [7, 11) is 1.82. The summed E-state index contributed by atoms with van der Waals surface area (Å²) in [6.07, 6.45) is 4.90. The van der Waals surface area contributed by atoms with Crippen molar-refractivity contribution < 1.29 is 4.79 Å². The highest BCUT2D eigenvalue weighted by Gasteiger charge is 2.31. The van der Waals surface area contributed by atoms with E-state index < -0.39 is 0 Å². The van der Waals surface area contributed by atoms with Crippen LogP contribution >= 0.6 is 0 Å². The van der Waals surface area contributed by atoms with Crippen molar-refractivity contribution in [2.24, 2.45) is 17.6 Å². The van der Waals surface area contributed by atoms with Crippen LogP contribution in [0.15, 0.2) is 0 Å². The molecule has 1 rings (SSSR count). The average molecular weight is 184 g/mol. The Morgan fingerprint density at radius 3 is 2.54 bits per heavy atom. The first kappa shape index (κ1) is 10.5. The molecule has 3 N–H and O–H groups in total. The number of carbonyl (C=O) groups is 1. The Morgan fingerprint density at radius 2 is 2.08 bits per heavy atom. The molecule has 0 aliphatic heterocycles. The van der Waals surface area contributed by atoms with Crippen LogP contribution in [-0.2, 0) is 4.79 Å². The van der Waals surface area contributed by atoms with E-state index >= 15 is 0 Å². The molecule has 13 heavy (non-hydrogen) atoms. The van der Waals surface area contributed by atoms with Gasteiger partial charge in [-0.15, -0.1) is 0 Å². The number of likely N-dealkylation sites (N-methyl/N-ethyl adjacent to an activating group) is 1. The van der Waals surface area contributed by atoms with Crippen molar-refractivity contribution in [1.82, 2.24) is 5.32 Å². The Bertz CT molecular complexity index is 182. The second kappa shape index (κ2) is 4.61. The molecular weight excluding hydrogens is 164 g/mol. The van der Waals surface area contributed by atoms with E-state index in [-0.39, 0.29) is 11.9 Å². The lowest BCUT2D eigenvalue weighted by molar-refractivity contribution is -0.122. The van der Waals surface area contributed by atoms with Crippen molar-refractivity contribution in [3.05, 3.63) is 0 Å². The molecule has 3 atom stereocenters. The quantitative estimate of drug-likeness (QED) is 0.684. The van der Waals surface area contributed by atoms with Gasteiger partial charge in [-0.05, 0) is 25.3 Å². The van der Waals surface area contributed by atoms with Crippen LogP contribution in [0.1, 0.15) is 32.6 Å². The number of amides is 1. The minimum Gasteiger partial charge on any atom is -0.368 e. The third kappa shape index (κ3) is 2.44. The number of nitrogens with two attached hydrogens (primary N) is 1. The lowest BCUT2D eigenvalue weighted by Gasteiger charge is -2.33. The molecule has 76 valence electrons.